The maximum atomic E-state index is 12.1. The molecule has 1 rings (SSSR count). The molecule has 5 heteroatoms. The van der Waals surface area contributed by atoms with Crippen LogP contribution in [0.1, 0.15) is 65.2 Å². The third-order valence-electron chi connectivity index (χ3n) is 3.55. The first-order chi connectivity index (χ1) is 10.2. The van der Waals surface area contributed by atoms with Crippen molar-refractivity contribution >= 4 is 21.6 Å². The van der Waals surface area contributed by atoms with Gasteiger partial charge in [0.1, 0.15) is 4.47 Å². The van der Waals surface area contributed by atoms with E-state index in [1.54, 1.807) is 6.20 Å². The maximum absolute atomic E-state index is 12.1. The van der Waals surface area contributed by atoms with Gasteiger partial charge in [-0.25, -0.2) is 4.68 Å². The number of hydrogen-bond donors (Lipinski definition) is 1. The third-order valence-corrected chi connectivity index (χ3v) is 4.32. The molecule has 0 saturated heterocycles. The molecule has 0 unspecified atom stereocenters. The highest BCUT2D eigenvalue weighted by Gasteiger charge is 2.07. The maximum Gasteiger partial charge on any atom is 0.283 e. The Balaban J connectivity index is 2.38. The minimum atomic E-state index is -0.0450. The largest absolute Gasteiger partial charge is 0.383 e. The summed E-state index contributed by atoms with van der Waals surface area (Å²) in [5, 5.41) is 7.53. The highest BCUT2D eigenvalue weighted by atomic mass is 79.9. The number of nitrogens with zero attached hydrogens (tertiary/aromatic N) is 2. The Kier molecular flexibility index (Phi) is 9.39. The van der Waals surface area contributed by atoms with Crippen LogP contribution in [-0.4, -0.2) is 16.3 Å². The van der Waals surface area contributed by atoms with Crippen LogP contribution in [0.3, 0.4) is 0 Å². The molecule has 120 valence electrons. The predicted octanol–water partition coefficient (Wildman–Crippen LogP) is 4.58. The number of nitrogens with one attached hydrogen (secondary N) is 1. The Morgan fingerprint density at radius 1 is 1.10 bits per heavy atom. The summed E-state index contributed by atoms with van der Waals surface area (Å²) in [7, 11) is 0. The zero-order chi connectivity index (χ0) is 15.5. The van der Waals surface area contributed by atoms with Crippen LogP contribution in [0.4, 0.5) is 5.69 Å². The van der Waals surface area contributed by atoms with Gasteiger partial charge in [0.15, 0.2) is 0 Å². The lowest BCUT2D eigenvalue weighted by molar-refractivity contribution is 0.541. The van der Waals surface area contributed by atoms with E-state index in [9.17, 15) is 4.79 Å². The fourth-order valence-electron chi connectivity index (χ4n) is 2.18. The second-order valence-corrected chi connectivity index (χ2v) is 6.24. The first-order valence-corrected chi connectivity index (χ1v) is 8.99. The summed E-state index contributed by atoms with van der Waals surface area (Å²) >= 11 is 3.39. The van der Waals surface area contributed by atoms with E-state index < -0.39 is 0 Å². The van der Waals surface area contributed by atoms with Gasteiger partial charge in [0, 0.05) is 13.1 Å². The fourth-order valence-corrected chi connectivity index (χ4v) is 2.63. The van der Waals surface area contributed by atoms with Gasteiger partial charge in [-0.05, 0) is 28.8 Å². The number of aromatic nitrogens is 2. The average Bonchev–Trinajstić information content (AvgIpc) is 2.49. The highest BCUT2D eigenvalue weighted by Crippen LogP contribution is 2.16. The Bertz CT molecular complexity index is 459. The van der Waals surface area contributed by atoms with Gasteiger partial charge in [-0.2, -0.15) is 5.10 Å². The van der Waals surface area contributed by atoms with Crippen LogP contribution in [0.25, 0.3) is 0 Å². The monoisotopic (exact) mass is 357 g/mol. The lowest BCUT2D eigenvalue weighted by Gasteiger charge is -2.10. The normalized spacial score (nSPS) is 10.8. The van der Waals surface area contributed by atoms with Crippen molar-refractivity contribution in [3.63, 3.8) is 0 Å². The molecule has 1 heterocycles. The van der Waals surface area contributed by atoms with Gasteiger partial charge in [-0.3, -0.25) is 4.79 Å². The highest BCUT2D eigenvalue weighted by molar-refractivity contribution is 9.10. The van der Waals surface area contributed by atoms with E-state index in [1.807, 2.05) is 0 Å². The van der Waals surface area contributed by atoms with E-state index in [1.165, 1.54) is 36.8 Å². The molecule has 0 spiro atoms. The Morgan fingerprint density at radius 3 is 2.48 bits per heavy atom. The summed E-state index contributed by atoms with van der Waals surface area (Å²) in [6, 6.07) is 0. The van der Waals surface area contributed by atoms with Gasteiger partial charge in [0.2, 0.25) is 0 Å². The van der Waals surface area contributed by atoms with Crippen LogP contribution in [-0.2, 0) is 6.54 Å². The minimum Gasteiger partial charge on any atom is -0.383 e. The van der Waals surface area contributed by atoms with Crippen LogP contribution in [0.15, 0.2) is 15.5 Å². The predicted molar refractivity (Wildman–Crippen MR) is 93.0 cm³/mol. The first kappa shape index (κ1) is 18.2. The van der Waals surface area contributed by atoms with Crippen LogP contribution in [0.5, 0.6) is 0 Å². The quantitative estimate of drug-likeness (QED) is 0.589. The molecule has 4 nitrogen and oxygen atoms in total. The number of aryl methyl sites for hydroxylation is 1. The summed E-state index contributed by atoms with van der Waals surface area (Å²) in [5.41, 5.74) is 0.762. The first-order valence-electron chi connectivity index (χ1n) is 8.20. The van der Waals surface area contributed by atoms with E-state index in [0.29, 0.717) is 11.0 Å². The summed E-state index contributed by atoms with van der Waals surface area (Å²) in [6.07, 6.45) is 11.4. The van der Waals surface area contributed by atoms with E-state index >= 15 is 0 Å². The van der Waals surface area contributed by atoms with Crippen molar-refractivity contribution in [3.8, 4) is 0 Å². The molecular formula is C16H28BrN3O. The molecule has 0 saturated carbocycles. The Morgan fingerprint density at radius 2 is 1.76 bits per heavy atom. The topological polar surface area (TPSA) is 46.9 Å². The summed E-state index contributed by atoms with van der Waals surface area (Å²) in [6.45, 7) is 5.92. The van der Waals surface area contributed by atoms with E-state index in [-0.39, 0.29) is 5.56 Å². The number of halogens is 1. The van der Waals surface area contributed by atoms with E-state index in [4.69, 9.17) is 0 Å². The molecule has 1 N–H and O–H groups in total. The molecular weight excluding hydrogens is 330 g/mol. The second-order valence-electron chi connectivity index (χ2n) is 5.45. The average molecular weight is 358 g/mol. The zero-order valence-electron chi connectivity index (χ0n) is 13.3. The van der Waals surface area contributed by atoms with Gasteiger partial charge >= 0.3 is 0 Å². The zero-order valence-corrected chi connectivity index (χ0v) is 14.9. The van der Waals surface area contributed by atoms with Gasteiger partial charge < -0.3 is 5.32 Å². The van der Waals surface area contributed by atoms with Crippen LogP contribution in [0, 0.1) is 0 Å². The molecule has 21 heavy (non-hydrogen) atoms. The van der Waals surface area contributed by atoms with Crippen LogP contribution >= 0.6 is 15.9 Å². The van der Waals surface area contributed by atoms with Crippen molar-refractivity contribution in [1.82, 2.24) is 9.78 Å². The van der Waals surface area contributed by atoms with Gasteiger partial charge in [-0.15, -0.1) is 0 Å². The minimum absolute atomic E-state index is 0.0450. The number of unbranched alkanes of at least 4 members (excludes halogenated alkanes) is 6. The lowest BCUT2D eigenvalue weighted by atomic mass is 10.1. The smallest absolute Gasteiger partial charge is 0.283 e. The van der Waals surface area contributed by atoms with Crippen molar-refractivity contribution in [2.45, 2.75) is 71.8 Å². The molecule has 0 amide bonds. The standard InChI is InChI=1S/C16H28BrN3O/c1-3-5-7-8-9-10-11-18-14-13-19-20(12-6-4-2)16(21)15(14)17/h13,18H,3-12H2,1-2H3. The number of anilines is 1. The number of rotatable bonds is 11. The Hall–Kier alpha value is -0.840. The van der Waals surface area contributed by atoms with E-state index in [0.717, 1.165) is 31.5 Å². The SMILES string of the molecule is CCCCCCCCNc1cnn(CCCC)c(=O)c1Br. The van der Waals surface area contributed by atoms with Gasteiger partial charge in [-0.1, -0.05) is 52.4 Å². The molecule has 1 aromatic heterocycles. The lowest BCUT2D eigenvalue weighted by Crippen LogP contribution is -2.24. The van der Waals surface area contributed by atoms with Crippen molar-refractivity contribution in [1.29, 1.82) is 0 Å². The summed E-state index contributed by atoms with van der Waals surface area (Å²) in [5.74, 6) is 0. The fraction of sp³-hybridized carbons (Fsp3) is 0.750. The summed E-state index contributed by atoms with van der Waals surface area (Å²) in [4.78, 5) is 12.1. The van der Waals surface area contributed by atoms with Gasteiger partial charge in [0.25, 0.3) is 5.56 Å². The van der Waals surface area contributed by atoms with Crippen LogP contribution < -0.4 is 10.9 Å². The molecule has 0 atom stereocenters. The van der Waals surface area contributed by atoms with Crippen molar-refractivity contribution in [2.24, 2.45) is 0 Å². The molecule has 0 bridgehead atoms. The third kappa shape index (κ3) is 6.64. The molecule has 0 aromatic carbocycles. The number of hydrogen-bond acceptors (Lipinski definition) is 3. The van der Waals surface area contributed by atoms with Crippen molar-refractivity contribution in [3.05, 3.63) is 21.0 Å². The summed E-state index contributed by atoms with van der Waals surface area (Å²) < 4.78 is 2.13. The molecule has 0 aliphatic rings. The molecule has 0 radical (unpaired) electrons. The molecule has 0 aliphatic heterocycles. The van der Waals surface area contributed by atoms with Crippen molar-refractivity contribution < 1.29 is 0 Å². The Labute approximate surface area is 136 Å². The molecule has 1 aromatic rings. The van der Waals surface area contributed by atoms with Gasteiger partial charge in [0.05, 0.1) is 11.9 Å². The molecule has 0 aliphatic carbocycles. The second kappa shape index (κ2) is 10.8. The van der Waals surface area contributed by atoms with Crippen molar-refractivity contribution in [2.75, 3.05) is 11.9 Å². The van der Waals surface area contributed by atoms with E-state index in [2.05, 4.69) is 40.2 Å². The molecule has 0 fully saturated rings. The van der Waals surface area contributed by atoms with Crippen LogP contribution in [0.2, 0.25) is 0 Å².